The topological polar surface area (TPSA) is 74.6 Å². The molecule has 0 saturated heterocycles. The van der Waals surface area contributed by atoms with Crippen LogP contribution in [0, 0.1) is 6.92 Å². The van der Waals surface area contributed by atoms with Gasteiger partial charge in [-0.25, -0.2) is 5.43 Å². The smallest absolute Gasteiger partial charge is 0.272 e. The highest BCUT2D eigenvalue weighted by atomic mass is 16.3. The minimum Gasteiger partial charge on any atom is -0.508 e. The van der Waals surface area contributed by atoms with Crippen LogP contribution < -0.4 is 5.43 Å². The summed E-state index contributed by atoms with van der Waals surface area (Å²) in [7, 11) is 0. The quantitative estimate of drug-likeness (QED) is 0.649. The van der Waals surface area contributed by atoms with E-state index in [-0.39, 0.29) is 11.7 Å². The molecule has 0 radical (unpaired) electrons. The number of aryl methyl sites for hydroxylation is 1. The van der Waals surface area contributed by atoms with Gasteiger partial charge in [0.25, 0.3) is 5.91 Å². The molecule has 0 aliphatic carbocycles. The molecule has 1 aromatic carbocycles. The number of hydrogen-bond donors (Lipinski definition) is 2. The van der Waals surface area contributed by atoms with Crippen molar-refractivity contribution in [2.75, 3.05) is 0 Å². The van der Waals surface area contributed by atoms with Crippen LogP contribution in [0.3, 0.4) is 0 Å². The molecule has 5 heteroatoms. The number of nitrogens with zero attached hydrogens (tertiary/aromatic N) is 2. The maximum absolute atomic E-state index is 11.7. The van der Waals surface area contributed by atoms with E-state index < -0.39 is 0 Å². The largest absolute Gasteiger partial charge is 0.508 e. The zero-order valence-electron chi connectivity index (χ0n) is 10.4. The van der Waals surface area contributed by atoms with Crippen LogP contribution >= 0.6 is 0 Å². The fraction of sp³-hybridized carbons (Fsp3) is 0.0714. The van der Waals surface area contributed by atoms with Crippen LogP contribution in [0.25, 0.3) is 0 Å². The van der Waals surface area contributed by atoms with Gasteiger partial charge in [0.2, 0.25) is 0 Å². The van der Waals surface area contributed by atoms with E-state index >= 15 is 0 Å². The van der Waals surface area contributed by atoms with Crippen LogP contribution in [0.15, 0.2) is 47.7 Å². The molecule has 19 heavy (non-hydrogen) atoms. The molecule has 96 valence electrons. The molecule has 0 atom stereocenters. The highest BCUT2D eigenvalue weighted by Gasteiger charge is 2.03. The van der Waals surface area contributed by atoms with E-state index in [1.165, 1.54) is 12.4 Å². The normalized spacial score (nSPS) is 10.6. The highest BCUT2D eigenvalue weighted by molar-refractivity contribution is 5.94. The average Bonchev–Trinajstić information content (AvgIpc) is 2.39. The molecule has 0 aliphatic rings. The van der Waals surface area contributed by atoms with Crippen LogP contribution in [0.2, 0.25) is 0 Å². The van der Waals surface area contributed by atoms with Crippen molar-refractivity contribution >= 4 is 12.1 Å². The van der Waals surface area contributed by atoms with Gasteiger partial charge in [-0.05, 0) is 36.8 Å². The van der Waals surface area contributed by atoms with Gasteiger partial charge in [0.15, 0.2) is 0 Å². The van der Waals surface area contributed by atoms with E-state index in [9.17, 15) is 9.90 Å². The molecule has 0 spiro atoms. The van der Waals surface area contributed by atoms with Crippen molar-refractivity contribution in [1.29, 1.82) is 0 Å². The molecule has 5 nitrogen and oxygen atoms in total. The van der Waals surface area contributed by atoms with E-state index in [1.54, 1.807) is 36.4 Å². The summed E-state index contributed by atoms with van der Waals surface area (Å²) in [5, 5.41) is 13.1. The average molecular weight is 255 g/mol. The number of pyridine rings is 1. The maximum atomic E-state index is 11.7. The lowest BCUT2D eigenvalue weighted by molar-refractivity contribution is 0.0955. The van der Waals surface area contributed by atoms with E-state index in [0.29, 0.717) is 11.1 Å². The number of aromatic nitrogens is 1. The first kappa shape index (κ1) is 12.8. The molecule has 2 N–H and O–H groups in total. The summed E-state index contributed by atoms with van der Waals surface area (Å²) in [5.41, 5.74) is 4.38. The number of benzene rings is 1. The molecule has 0 aliphatic heterocycles. The number of phenolic OH excluding ortho intramolecular Hbond substituents is 1. The molecule has 0 unspecified atom stereocenters. The second kappa shape index (κ2) is 5.77. The second-order valence-corrected chi connectivity index (χ2v) is 3.98. The van der Waals surface area contributed by atoms with Gasteiger partial charge in [0, 0.05) is 11.9 Å². The van der Waals surface area contributed by atoms with Gasteiger partial charge in [-0.1, -0.05) is 12.1 Å². The lowest BCUT2D eigenvalue weighted by atomic mass is 10.2. The molecular weight excluding hydrogens is 242 g/mol. The summed E-state index contributed by atoms with van der Waals surface area (Å²) >= 11 is 0. The molecule has 2 rings (SSSR count). The first-order valence-electron chi connectivity index (χ1n) is 5.70. The van der Waals surface area contributed by atoms with Crippen molar-refractivity contribution in [3.05, 3.63) is 59.4 Å². The third kappa shape index (κ3) is 3.64. The Hall–Kier alpha value is -2.69. The van der Waals surface area contributed by atoms with Gasteiger partial charge in [-0.3, -0.25) is 9.78 Å². The van der Waals surface area contributed by atoms with Crippen LogP contribution in [0.1, 0.15) is 21.6 Å². The molecule has 0 saturated carbocycles. The second-order valence-electron chi connectivity index (χ2n) is 3.98. The fourth-order valence-electron chi connectivity index (χ4n) is 1.44. The maximum Gasteiger partial charge on any atom is 0.272 e. The van der Waals surface area contributed by atoms with Crippen molar-refractivity contribution in [1.82, 2.24) is 10.4 Å². The Kier molecular flexibility index (Phi) is 3.87. The highest BCUT2D eigenvalue weighted by Crippen LogP contribution is 2.08. The third-order valence-electron chi connectivity index (χ3n) is 2.42. The number of amides is 1. The number of phenols is 1. The van der Waals surface area contributed by atoms with Crippen molar-refractivity contribution in [2.45, 2.75) is 6.92 Å². The van der Waals surface area contributed by atoms with Crippen LogP contribution in [0.4, 0.5) is 0 Å². The third-order valence-corrected chi connectivity index (χ3v) is 2.42. The first-order chi connectivity index (χ1) is 9.15. The van der Waals surface area contributed by atoms with Gasteiger partial charge in [0.1, 0.15) is 5.75 Å². The molecule has 1 amide bonds. The predicted molar refractivity (Wildman–Crippen MR) is 72.1 cm³/mol. The summed E-state index contributed by atoms with van der Waals surface area (Å²) in [6, 6.07) is 10.0. The van der Waals surface area contributed by atoms with Gasteiger partial charge < -0.3 is 5.11 Å². The molecule has 1 aromatic heterocycles. The Morgan fingerprint density at radius 2 is 2.21 bits per heavy atom. The van der Waals surface area contributed by atoms with E-state index in [4.69, 9.17) is 0 Å². The lowest BCUT2D eigenvalue weighted by Gasteiger charge is -1.99. The molecule has 2 aromatic rings. The summed E-state index contributed by atoms with van der Waals surface area (Å²) < 4.78 is 0. The summed E-state index contributed by atoms with van der Waals surface area (Å²) in [6.45, 7) is 1.85. The lowest BCUT2D eigenvalue weighted by Crippen LogP contribution is -2.17. The zero-order chi connectivity index (χ0) is 13.7. The van der Waals surface area contributed by atoms with E-state index in [2.05, 4.69) is 15.5 Å². The summed E-state index contributed by atoms with van der Waals surface area (Å²) in [4.78, 5) is 15.7. The number of carbonyl (C=O) groups is 1. The fourth-order valence-corrected chi connectivity index (χ4v) is 1.44. The number of hydrazone groups is 1. The first-order valence-corrected chi connectivity index (χ1v) is 5.70. The monoisotopic (exact) mass is 255 g/mol. The molecular formula is C14H13N3O2. The van der Waals surface area contributed by atoms with Gasteiger partial charge in [-0.2, -0.15) is 5.10 Å². The Morgan fingerprint density at radius 1 is 1.37 bits per heavy atom. The number of carbonyl (C=O) groups excluding carboxylic acids is 1. The van der Waals surface area contributed by atoms with E-state index in [0.717, 1.165) is 5.69 Å². The van der Waals surface area contributed by atoms with Crippen LogP contribution in [0.5, 0.6) is 5.75 Å². The summed E-state index contributed by atoms with van der Waals surface area (Å²) in [6.07, 6.45) is 2.95. The Morgan fingerprint density at radius 3 is 2.89 bits per heavy atom. The van der Waals surface area contributed by atoms with Crippen molar-refractivity contribution in [2.24, 2.45) is 5.10 Å². The number of nitrogens with one attached hydrogen (secondary N) is 1. The Labute approximate surface area is 110 Å². The van der Waals surface area contributed by atoms with Crippen LogP contribution in [-0.2, 0) is 0 Å². The van der Waals surface area contributed by atoms with Gasteiger partial charge in [-0.15, -0.1) is 0 Å². The predicted octanol–water partition coefficient (Wildman–Crippen LogP) is 1.86. The number of rotatable bonds is 3. The number of hydrogen-bond acceptors (Lipinski definition) is 4. The molecule has 1 heterocycles. The van der Waals surface area contributed by atoms with Crippen molar-refractivity contribution in [3.63, 3.8) is 0 Å². The summed E-state index contributed by atoms with van der Waals surface area (Å²) in [5.74, 6) is -0.179. The zero-order valence-corrected chi connectivity index (χ0v) is 10.4. The molecule has 0 bridgehead atoms. The Balaban J connectivity index is 1.98. The minimum absolute atomic E-state index is 0.151. The van der Waals surface area contributed by atoms with Crippen molar-refractivity contribution < 1.29 is 9.90 Å². The van der Waals surface area contributed by atoms with Gasteiger partial charge in [0.05, 0.1) is 11.8 Å². The van der Waals surface area contributed by atoms with Crippen LogP contribution in [-0.4, -0.2) is 22.2 Å². The van der Waals surface area contributed by atoms with Gasteiger partial charge >= 0.3 is 0 Å². The van der Waals surface area contributed by atoms with E-state index in [1.807, 2.05) is 6.92 Å². The number of aromatic hydroxyl groups is 1. The van der Waals surface area contributed by atoms with Crippen molar-refractivity contribution in [3.8, 4) is 5.75 Å². The Bertz CT molecular complexity index is 606. The SMILES string of the molecule is Cc1ccc(C(=O)N/N=C/c2cccc(O)c2)cn1. The minimum atomic E-state index is -0.330. The standard InChI is InChI=1S/C14H13N3O2/c1-10-5-6-12(9-15-10)14(19)17-16-8-11-3-2-4-13(18)7-11/h2-9,18H,1H3,(H,17,19)/b16-8+. The molecule has 0 fully saturated rings.